The van der Waals surface area contributed by atoms with Crippen LogP contribution < -0.4 is 0 Å². The summed E-state index contributed by atoms with van der Waals surface area (Å²) in [4.78, 5) is 24.5. The summed E-state index contributed by atoms with van der Waals surface area (Å²) in [5.41, 5.74) is 5.05. The third-order valence-corrected chi connectivity index (χ3v) is 4.96. The molecule has 28 heavy (non-hydrogen) atoms. The van der Waals surface area contributed by atoms with Crippen molar-refractivity contribution in [3.05, 3.63) is 89.1 Å². The quantitative estimate of drug-likeness (QED) is 0.289. The van der Waals surface area contributed by atoms with Gasteiger partial charge in [-0.25, -0.2) is 0 Å². The van der Waals surface area contributed by atoms with Crippen molar-refractivity contribution in [1.82, 2.24) is 4.57 Å². The topological polar surface area (TPSA) is 39.1 Å². The molecule has 0 atom stereocenters. The van der Waals surface area contributed by atoms with E-state index in [1.54, 1.807) is 6.08 Å². The Kier molecular flexibility index (Phi) is 6.38. The van der Waals surface area contributed by atoms with Gasteiger partial charge in [-0.3, -0.25) is 9.59 Å². The third kappa shape index (κ3) is 3.89. The Balaban J connectivity index is 2.31. The van der Waals surface area contributed by atoms with Crippen molar-refractivity contribution in [3.63, 3.8) is 0 Å². The molecule has 0 spiro atoms. The van der Waals surface area contributed by atoms with Gasteiger partial charge in [0.05, 0.1) is 11.3 Å². The highest BCUT2D eigenvalue weighted by Gasteiger charge is 2.25. The van der Waals surface area contributed by atoms with Gasteiger partial charge in [0.25, 0.3) is 0 Å². The first-order valence-corrected chi connectivity index (χ1v) is 9.69. The maximum absolute atomic E-state index is 13.5. The van der Waals surface area contributed by atoms with Gasteiger partial charge in [0.2, 0.25) is 0 Å². The number of rotatable bonds is 8. The maximum Gasteiger partial charge on any atom is 0.195 e. The predicted molar refractivity (Wildman–Crippen MR) is 114 cm³/mol. The minimum Gasteiger partial charge on any atom is -0.344 e. The van der Waals surface area contributed by atoms with Crippen LogP contribution in [-0.4, -0.2) is 16.6 Å². The molecule has 1 heterocycles. The van der Waals surface area contributed by atoms with E-state index >= 15 is 0 Å². The van der Waals surface area contributed by atoms with E-state index in [-0.39, 0.29) is 5.78 Å². The second kappa shape index (κ2) is 9.14. The Bertz CT molecular complexity index is 982. The number of unbranched alkanes of at least 4 members (excludes halogenated alkanes) is 1. The van der Waals surface area contributed by atoms with Crippen LogP contribution in [0.1, 0.15) is 46.9 Å². The number of hydrogen-bond donors (Lipinski definition) is 0. The highest BCUT2D eigenvalue weighted by molar-refractivity contribution is 6.15. The lowest BCUT2D eigenvalue weighted by atomic mass is 9.95. The van der Waals surface area contributed by atoms with Crippen molar-refractivity contribution in [2.24, 2.45) is 0 Å². The highest BCUT2D eigenvalue weighted by atomic mass is 16.1. The SMILES string of the molecule is CCCCn1c(C)c(/C=C/C=O)c(C(=O)c2ccccc2)c1-c1ccccc1. The summed E-state index contributed by atoms with van der Waals surface area (Å²) in [6.45, 7) is 5.01. The van der Waals surface area contributed by atoms with Gasteiger partial charge in [0.15, 0.2) is 5.78 Å². The number of carbonyl (C=O) groups excluding carboxylic acids is 2. The van der Waals surface area contributed by atoms with Gasteiger partial charge in [0, 0.05) is 23.4 Å². The molecule has 3 heteroatoms. The van der Waals surface area contributed by atoms with E-state index in [1.807, 2.05) is 67.6 Å². The molecule has 0 radical (unpaired) electrons. The van der Waals surface area contributed by atoms with E-state index in [1.165, 1.54) is 6.08 Å². The lowest BCUT2D eigenvalue weighted by Gasteiger charge is -2.13. The molecule has 0 bridgehead atoms. The molecule has 3 aromatic rings. The normalized spacial score (nSPS) is 11.1. The lowest BCUT2D eigenvalue weighted by molar-refractivity contribution is -0.104. The first-order chi connectivity index (χ1) is 13.7. The zero-order chi connectivity index (χ0) is 19.9. The van der Waals surface area contributed by atoms with E-state index in [2.05, 4.69) is 11.5 Å². The number of carbonyl (C=O) groups is 2. The molecule has 1 aromatic heterocycles. The van der Waals surface area contributed by atoms with Crippen molar-refractivity contribution in [3.8, 4) is 11.3 Å². The van der Waals surface area contributed by atoms with Gasteiger partial charge in [-0.05, 0) is 31.1 Å². The summed E-state index contributed by atoms with van der Waals surface area (Å²) in [5.74, 6) is -0.0247. The van der Waals surface area contributed by atoms with Crippen LogP contribution in [0.5, 0.6) is 0 Å². The third-order valence-electron chi connectivity index (χ3n) is 4.96. The van der Waals surface area contributed by atoms with Gasteiger partial charge >= 0.3 is 0 Å². The second-order valence-electron chi connectivity index (χ2n) is 6.78. The molecular weight excluding hydrogens is 346 g/mol. The number of benzene rings is 2. The molecule has 2 aromatic carbocycles. The first-order valence-electron chi connectivity index (χ1n) is 9.69. The number of aromatic nitrogens is 1. The number of aldehydes is 1. The summed E-state index contributed by atoms with van der Waals surface area (Å²) in [6, 6.07) is 19.3. The molecule has 0 amide bonds. The minimum atomic E-state index is -0.0247. The Labute approximate surface area is 166 Å². The molecule has 142 valence electrons. The highest BCUT2D eigenvalue weighted by Crippen LogP contribution is 2.34. The predicted octanol–water partition coefficient (Wildman–Crippen LogP) is 5.71. The summed E-state index contributed by atoms with van der Waals surface area (Å²) >= 11 is 0. The largest absolute Gasteiger partial charge is 0.344 e. The average Bonchev–Trinajstić information content (AvgIpc) is 3.02. The molecule has 0 aliphatic carbocycles. The van der Waals surface area contributed by atoms with Crippen LogP contribution in [0.4, 0.5) is 0 Å². The van der Waals surface area contributed by atoms with Gasteiger partial charge in [-0.15, -0.1) is 0 Å². The summed E-state index contributed by atoms with van der Waals surface area (Å²) in [7, 11) is 0. The van der Waals surface area contributed by atoms with Crippen LogP contribution in [0.2, 0.25) is 0 Å². The van der Waals surface area contributed by atoms with E-state index in [0.717, 1.165) is 48.2 Å². The van der Waals surface area contributed by atoms with Crippen molar-refractivity contribution in [2.75, 3.05) is 0 Å². The Morgan fingerprint density at radius 3 is 2.25 bits per heavy atom. The van der Waals surface area contributed by atoms with Crippen LogP contribution in [-0.2, 0) is 11.3 Å². The Morgan fingerprint density at radius 1 is 1.00 bits per heavy atom. The van der Waals surface area contributed by atoms with E-state index in [4.69, 9.17) is 0 Å². The Morgan fingerprint density at radius 2 is 1.64 bits per heavy atom. The first kappa shape index (κ1) is 19.6. The van der Waals surface area contributed by atoms with Crippen molar-refractivity contribution in [1.29, 1.82) is 0 Å². The van der Waals surface area contributed by atoms with Crippen molar-refractivity contribution in [2.45, 2.75) is 33.2 Å². The number of nitrogens with zero attached hydrogens (tertiary/aromatic N) is 1. The number of hydrogen-bond acceptors (Lipinski definition) is 2. The summed E-state index contributed by atoms with van der Waals surface area (Å²) in [6.07, 6.45) is 6.05. The van der Waals surface area contributed by atoms with Crippen molar-refractivity contribution < 1.29 is 9.59 Å². The maximum atomic E-state index is 13.5. The monoisotopic (exact) mass is 371 g/mol. The van der Waals surface area contributed by atoms with E-state index in [9.17, 15) is 9.59 Å². The summed E-state index contributed by atoms with van der Waals surface area (Å²) in [5, 5.41) is 0. The second-order valence-corrected chi connectivity index (χ2v) is 6.78. The molecule has 0 aliphatic rings. The number of allylic oxidation sites excluding steroid dienone is 1. The molecule has 0 saturated heterocycles. The zero-order valence-electron chi connectivity index (χ0n) is 16.4. The van der Waals surface area contributed by atoms with Crippen LogP contribution in [0.3, 0.4) is 0 Å². The fourth-order valence-corrected chi connectivity index (χ4v) is 3.55. The van der Waals surface area contributed by atoms with Crippen LogP contribution in [0.25, 0.3) is 17.3 Å². The number of ketones is 1. The molecule has 0 fully saturated rings. The van der Waals surface area contributed by atoms with Crippen LogP contribution >= 0.6 is 0 Å². The van der Waals surface area contributed by atoms with Crippen molar-refractivity contribution >= 4 is 18.1 Å². The van der Waals surface area contributed by atoms with E-state index in [0.29, 0.717) is 11.1 Å². The molecule has 0 unspecified atom stereocenters. The van der Waals surface area contributed by atoms with Crippen LogP contribution in [0, 0.1) is 6.92 Å². The average molecular weight is 371 g/mol. The van der Waals surface area contributed by atoms with Gasteiger partial charge < -0.3 is 4.57 Å². The lowest BCUT2D eigenvalue weighted by Crippen LogP contribution is -2.06. The molecule has 0 N–H and O–H groups in total. The molecule has 3 rings (SSSR count). The zero-order valence-corrected chi connectivity index (χ0v) is 16.4. The van der Waals surface area contributed by atoms with Gasteiger partial charge in [-0.2, -0.15) is 0 Å². The fourth-order valence-electron chi connectivity index (χ4n) is 3.55. The Hall–Kier alpha value is -3.20. The van der Waals surface area contributed by atoms with E-state index < -0.39 is 0 Å². The molecule has 0 aliphatic heterocycles. The van der Waals surface area contributed by atoms with Crippen LogP contribution in [0.15, 0.2) is 66.7 Å². The smallest absolute Gasteiger partial charge is 0.195 e. The molecule has 0 saturated carbocycles. The van der Waals surface area contributed by atoms with Gasteiger partial charge in [0.1, 0.15) is 6.29 Å². The fraction of sp³-hybridized carbons (Fsp3) is 0.200. The van der Waals surface area contributed by atoms with Gasteiger partial charge in [-0.1, -0.05) is 74.0 Å². The standard InChI is InChI=1S/C25H25NO2/c1-3-4-17-26-19(2)22(16-11-18-27)23(24(26)20-12-7-5-8-13-20)25(28)21-14-9-6-10-15-21/h5-16,18H,3-4,17H2,1-2H3/b16-11+. The minimum absolute atomic E-state index is 0.0247. The molecule has 3 nitrogen and oxygen atoms in total. The molecular formula is C25H25NO2. The summed E-state index contributed by atoms with van der Waals surface area (Å²) < 4.78 is 2.22.